The Labute approximate surface area is 111 Å². The summed E-state index contributed by atoms with van der Waals surface area (Å²) in [5, 5.41) is 0. The summed E-state index contributed by atoms with van der Waals surface area (Å²) in [6, 6.07) is 4.60. The van der Waals surface area contributed by atoms with E-state index in [0.29, 0.717) is 5.92 Å². The van der Waals surface area contributed by atoms with Crippen LogP contribution < -0.4 is 10.5 Å². The summed E-state index contributed by atoms with van der Waals surface area (Å²) in [4.78, 5) is 0. The van der Waals surface area contributed by atoms with Crippen molar-refractivity contribution in [2.45, 2.75) is 51.4 Å². The highest BCUT2D eigenvalue weighted by Crippen LogP contribution is 2.45. The van der Waals surface area contributed by atoms with Crippen LogP contribution in [-0.4, -0.2) is 13.7 Å². The molecule has 0 spiro atoms. The van der Waals surface area contributed by atoms with Gasteiger partial charge in [0.15, 0.2) is 0 Å². The largest absolute Gasteiger partial charge is 0.496 e. The van der Waals surface area contributed by atoms with Gasteiger partial charge in [0.2, 0.25) is 0 Å². The molecule has 18 heavy (non-hydrogen) atoms. The number of ether oxygens (including phenoxy) is 1. The summed E-state index contributed by atoms with van der Waals surface area (Å²) in [5.74, 6) is 1.52. The maximum Gasteiger partial charge on any atom is 0.125 e. The van der Waals surface area contributed by atoms with E-state index in [2.05, 4.69) is 32.9 Å². The highest BCUT2D eigenvalue weighted by atomic mass is 16.5. The van der Waals surface area contributed by atoms with Crippen LogP contribution >= 0.6 is 0 Å². The van der Waals surface area contributed by atoms with Crippen molar-refractivity contribution < 1.29 is 4.74 Å². The molecule has 2 nitrogen and oxygen atoms in total. The molecule has 0 saturated heterocycles. The molecular weight excluding hydrogens is 222 g/mol. The zero-order valence-electron chi connectivity index (χ0n) is 12.0. The Hall–Kier alpha value is -1.02. The van der Waals surface area contributed by atoms with Crippen LogP contribution in [0.15, 0.2) is 12.1 Å². The van der Waals surface area contributed by atoms with Crippen molar-refractivity contribution in [3.63, 3.8) is 0 Å². The molecule has 0 aromatic heterocycles. The quantitative estimate of drug-likeness (QED) is 0.883. The topological polar surface area (TPSA) is 35.2 Å². The van der Waals surface area contributed by atoms with E-state index in [1.807, 2.05) is 0 Å². The lowest BCUT2D eigenvalue weighted by atomic mass is 9.64. The van der Waals surface area contributed by atoms with E-state index in [1.54, 1.807) is 7.11 Å². The molecule has 0 aliphatic heterocycles. The summed E-state index contributed by atoms with van der Waals surface area (Å²) in [6.45, 7) is 7.33. The third-order valence-corrected chi connectivity index (χ3v) is 4.44. The van der Waals surface area contributed by atoms with Gasteiger partial charge in [-0.25, -0.2) is 0 Å². The SMILES string of the molecule is COc1c(C)cc(C2(CN)CCC2)cc1C(C)C. The van der Waals surface area contributed by atoms with Crippen molar-refractivity contribution in [1.82, 2.24) is 0 Å². The number of benzene rings is 1. The first-order valence-electron chi connectivity index (χ1n) is 6.93. The number of rotatable bonds is 4. The summed E-state index contributed by atoms with van der Waals surface area (Å²) < 4.78 is 5.56. The minimum atomic E-state index is 0.237. The lowest BCUT2D eigenvalue weighted by Crippen LogP contribution is -2.41. The highest BCUT2D eigenvalue weighted by Gasteiger charge is 2.38. The maximum absolute atomic E-state index is 6.02. The zero-order valence-corrected chi connectivity index (χ0v) is 12.0. The molecule has 0 heterocycles. The van der Waals surface area contributed by atoms with Gasteiger partial charge in [0.1, 0.15) is 5.75 Å². The highest BCUT2D eigenvalue weighted by molar-refractivity contribution is 5.48. The van der Waals surface area contributed by atoms with Crippen LogP contribution in [0.3, 0.4) is 0 Å². The molecule has 100 valence electrons. The Morgan fingerprint density at radius 1 is 1.33 bits per heavy atom. The number of hydrogen-bond donors (Lipinski definition) is 1. The van der Waals surface area contributed by atoms with E-state index in [-0.39, 0.29) is 5.41 Å². The van der Waals surface area contributed by atoms with Gasteiger partial charge in [-0.1, -0.05) is 32.4 Å². The fraction of sp³-hybridized carbons (Fsp3) is 0.625. The monoisotopic (exact) mass is 247 g/mol. The van der Waals surface area contributed by atoms with Crippen molar-refractivity contribution in [3.05, 3.63) is 28.8 Å². The van der Waals surface area contributed by atoms with Crippen LogP contribution in [0.1, 0.15) is 55.7 Å². The second kappa shape index (κ2) is 4.93. The summed E-state index contributed by atoms with van der Waals surface area (Å²) in [5.41, 5.74) is 10.2. The van der Waals surface area contributed by atoms with E-state index in [0.717, 1.165) is 12.3 Å². The first-order chi connectivity index (χ1) is 8.54. The fourth-order valence-corrected chi connectivity index (χ4v) is 3.03. The molecule has 1 aromatic carbocycles. The Morgan fingerprint density at radius 2 is 2.00 bits per heavy atom. The van der Waals surface area contributed by atoms with Crippen molar-refractivity contribution in [1.29, 1.82) is 0 Å². The lowest BCUT2D eigenvalue weighted by molar-refractivity contribution is 0.252. The third-order valence-electron chi connectivity index (χ3n) is 4.44. The number of methoxy groups -OCH3 is 1. The smallest absolute Gasteiger partial charge is 0.125 e. The Balaban J connectivity index is 2.50. The number of aryl methyl sites for hydroxylation is 1. The third kappa shape index (κ3) is 2.03. The predicted molar refractivity (Wildman–Crippen MR) is 76.4 cm³/mol. The van der Waals surface area contributed by atoms with Crippen LogP contribution in [0.4, 0.5) is 0 Å². The second-order valence-electron chi connectivity index (χ2n) is 5.91. The molecule has 1 fully saturated rings. The first kappa shape index (κ1) is 13.4. The van der Waals surface area contributed by atoms with Crippen LogP contribution in [0.25, 0.3) is 0 Å². The summed E-state index contributed by atoms with van der Waals surface area (Å²) >= 11 is 0. The maximum atomic E-state index is 6.02. The summed E-state index contributed by atoms with van der Waals surface area (Å²) in [6.07, 6.45) is 3.76. The van der Waals surface area contributed by atoms with Gasteiger partial charge < -0.3 is 10.5 Å². The van der Waals surface area contributed by atoms with Crippen LogP contribution in [0.5, 0.6) is 5.75 Å². The van der Waals surface area contributed by atoms with Crippen molar-refractivity contribution in [2.24, 2.45) is 5.73 Å². The van der Waals surface area contributed by atoms with Gasteiger partial charge in [-0.3, -0.25) is 0 Å². The Bertz CT molecular complexity index is 427. The van der Waals surface area contributed by atoms with E-state index in [4.69, 9.17) is 10.5 Å². The van der Waals surface area contributed by atoms with Gasteiger partial charge >= 0.3 is 0 Å². The lowest BCUT2D eigenvalue weighted by Gasteiger charge is -2.42. The average Bonchev–Trinajstić information content (AvgIpc) is 2.27. The first-order valence-corrected chi connectivity index (χ1v) is 6.93. The Morgan fingerprint density at radius 3 is 2.39 bits per heavy atom. The minimum Gasteiger partial charge on any atom is -0.496 e. The van der Waals surface area contributed by atoms with Gasteiger partial charge in [-0.15, -0.1) is 0 Å². The van der Waals surface area contributed by atoms with E-state index in [1.165, 1.54) is 36.0 Å². The molecular formula is C16H25NO. The zero-order chi connectivity index (χ0) is 13.3. The van der Waals surface area contributed by atoms with Crippen LogP contribution in [-0.2, 0) is 5.41 Å². The van der Waals surface area contributed by atoms with Crippen molar-refractivity contribution >= 4 is 0 Å². The van der Waals surface area contributed by atoms with Crippen molar-refractivity contribution in [3.8, 4) is 5.75 Å². The van der Waals surface area contributed by atoms with E-state index < -0.39 is 0 Å². The van der Waals surface area contributed by atoms with Gasteiger partial charge in [-0.2, -0.15) is 0 Å². The average molecular weight is 247 g/mol. The van der Waals surface area contributed by atoms with Gasteiger partial charge in [0, 0.05) is 12.0 Å². The molecule has 0 bridgehead atoms. The van der Waals surface area contributed by atoms with Gasteiger partial charge in [0.25, 0.3) is 0 Å². The molecule has 0 radical (unpaired) electrons. The Kier molecular flexibility index (Phi) is 3.67. The molecule has 0 unspecified atom stereocenters. The molecule has 0 atom stereocenters. The second-order valence-corrected chi connectivity index (χ2v) is 5.91. The molecule has 2 heteroatoms. The van der Waals surface area contributed by atoms with Crippen LogP contribution in [0, 0.1) is 6.92 Å². The molecule has 2 rings (SSSR count). The molecule has 2 N–H and O–H groups in total. The van der Waals surface area contributed by atoms with E-state index in [9.17, 15) is 0 Å². The van der Waals surface area contributed by atoms with Crippen molar-refractivity contribution in [2.75, 3.05) is 13.7 Å². The van der Waals surface area contributed by atoms with Gasteiger partial charge in [-0.05, 0) is 42.4 Å². The molecule has 1 aliphatic rings. The predicted octanol–water partition coefficient (Wildman–Crippen LogP) is 3.51. The van der Waals surface area contributed by atoms with E-state index >= 15 is 0 Å². The van der Waals surface area contributed by atoms with Gasteiger partial charge in [0.05, 0.1) is 7.11 Å². The fourth-order valence-electron chi connectivity index (χ4n) is 3.03. The molecule has 1 aliphatic carbocycles. The summed E-state index contributed by atoms with van der Waals surface area (Å²) in [7, 11) is 1.76. The minimum absolute atomic E-state index is 0.237. The molecule has 1 aromatic rings. The normalized spacial score (nSPS) is 17.7. The number of nitrogens with two attached hydrogens (primary N) is 1. The number of hydrogen-bond acceptors (Lipinski definition) is 2. The molecule has 0 amide bonds. The van der Waals surface area contributed by atoms with Crippen LogP contribution in [0.2, 0.25) is 0 Å². The standard InChI is InChI=1S/C16H25NO/c1-11(2)14-9-13(8-12(3)15(14)18-4)16(10-17)6-5-7-16/h8-9,11H,5-7,10,17H2,1-4H3. The molecule has 1 saturated carbocycles.